The second-order valence-electron chi connectivity index (χ2n) is 4.86. The summed E-state index contributed by atoms with van der Waals surface area (Å²) < 4.78 is 0. The monoisotopic (exact) mass is 264 g/mol. The lowest BCUT2D eigenvalue weighted by atomic mass is 9.88. The number of carbonyl (C=O) groups excluding carboxylic acids is 1. The van der Waals surface area contributed by atoms with E-state index in [1.165, 1.54) is 30.2 Å². The van der Waals surface area contributed by atoms with E-state index in [4.69, 9.17) is 0 Å². The first-order valence-corrected chi connectivity index (χ1v) is 6.16. The van der Waals surface area contributed by atoms with Crippen LogP contribution in [-0.2, 0) is 4.79 Å². The van der Waals surface area contributed by atoms with Gasteiger partial charge in [0.25, 0.3) is 5.91 Å². The SMILES string of the molecule is CC1(C(=O)O)CCCCN1C(=O)c1ncccc1O. The largest absolute Gasteiger partial charge is 0.505 e. The normalized spacial score (nSPS) is 23.1. The van der Waals surface area contributed by atoms with E-state index in [9.17, 15) is 19.8 Å². The number of aromatic nitrogens is 1. The van der Waals surface area contributed by atoms with Gasteiger partial charge in [0, 0.05) is 12.7 Å². The van der Waals surface area contributed by atoms with Gasteiger partial charge in [0.1, 0.15) is 11.3 Å². The third kappa shape index (κ3) is 2.25. The van der Waals surface area contributed by atoms with Crippen LogP contribution in [0, 0.1) is 0 Å². The van der Waals surface area contributed by atoms with Gasteiger partial charge in [-0.05, 0) is 38.3 Å². The van der Waals surface area contributed by atoms with E-state index in [2.05, 4.69) is 4.98 Å². The van der Waals surface area contributed by atoms with Gasteiger partial charge >= 0.3 is 5.97 Å². The van der Waals surface area contributed by atoms with Crippen LogP contribution in [0.4, 0.5) is 0 Å². The standard InChI is InChI=1S/C13H16N2O4/c1-13(12(18)19)6-2-3-8-15(13)11(17)10-9(16)5-4-7-14-10/h4-5,7,16H,2-3,6,8H2,1H3,(H,18,19). The summed E-state index contributed by atoms with van der Waals surface area (Å²) in [5.41, 5.74) is -1.34. The summed E-state index contributed by atoms with van der Waals surface area (Å²) in [6.07, 6.45) is 3.32. The zero-order valence-corrected chi connectivity index (χ0v) is 10.7. The molecule has 1 aliphatic rings. The van der Waals surface area contributed by atoms with Crippen LogP contribution in [0.1, 0.15) is 36.7 Å². The van der Waals surface area contributed by atoms with Crippen LogP contribution >= 0.6 is 0 Å². The summed E-state index contributed by atoms with van der Waals surface area (Å²) in [6, 6.07) is 2.88. The summed E-state index contributed by atoms with van der Waals surface area (Å²) in [4.78, 5) is 28.9. The Morgan fingerprint density at radius 1 is 1.42 bits per heavy atom. The van der Waals surface area contributed by atoms with Crippen molar-refractivity contribution in [3.8, 4) is 5.75 Å². The average molecular weight is 264 g/mol. The van der Waals surface area contributed by atoms with E-state index in [-0.39, 0.29) is 11.4 Å². The van der Waals surface area contributed by atoms with Crippen molar-refractivity contribution in [2.24, 2.45) is 0 Å². The Bertz CT molecular complexity index is 517. The number of carboxylic acid groups (broad SMARTS) is 1. The molecule has 2 heterocycles. The molecular formula is C13H16N2O4. The molecule has 102 valence electrons. The maximum atomic E-state index is 12.4. The van der Waals surface area contributed by atoms with Crippen LogP contribution in [0.15, 0.2) is 18.3 Å². The fraction of sp³-hybridized carbons (Fsp3) is 0.462. The Morgan fingerprint density at radius 3 is 2.79 bits per heavy atom. The molecule has 1 unspecified atom stereocenters. The molecule has 1 aromatic heterocycles. The number of hydrogen-bond donors (Lipinski definition) is 2. The molecule has 19 heavy (non-hydrogen) atoms. The van der Waals surface area contributed by atoms with Crippen molar-refractivity contribution >= 4 is 11.9 Å². The van der Waals surface area contributed by atoms with Crippen molar-refractivity contribution in [2.45, 2.75) is 31.7 Å². The highest BCUT2D eigenvalue weighted by Gasteiger charge is 2.44. The molecule has 0 spiro atoms. The lowest BCUT2D eigenvalue weighted by Crippen LogP contribution is -2.57. The molecule has 0 bridgehead atoms. The lowest BCUT2D eigenvalue weighted by Gasteiger charge is -2.41. The van der Waals surface area contributed by atoms with Crippen LogP contribution in [0.5, 0.6) is 5.75 Å². The minimum atomic E-state index is -1.24. The molecule has 1 amide bonds. The number of aromatic hydroxyl groups is 1. The van der Waals surface area contributed by atoms with Crippen molar-refractivity contribution in [3.63, 3.8) is 0 Å². The molecule has 1 aliphatic heterocycles. The van der Waals surface area contributed by atoms with Crippen molar-refractivity contribution in [2.75, 3.05) is 6.54 Å². The molecule has 0 aliphatic carbocycles. The lowest BCUT2D eigenvalue weighted by molar-refractivity contribution is -0.150. The molecular weight excluding hydrogens is 248 g/mol. The second-order valence-corrected chi connectivity index (χ2v) is 4.86. The smallest absolute Gasteiger partial charge is 0.329 e. The van der Waals surface area contributed by atoms with E-state index < -0.39 is 17.4 Å². The first-order valence-electron chi connectivity index (χ1n) is 6.16. The Hall–Kier alpha value is -2.11. The van der Waals surface area contributed by atoms with Gasteiger partial charge in [-0.3, -0.25) is 4.79 Å². The number of pyridine rings is 1. The number of rotatable bonds is 2. The zero-order chi connectivity index (χ0) is 14.0. The van der Waals surface area contributed by atoms with Gasteiger partial charge in [-0.15, -0.1) is 0 Å². The van der Waals surface area contributed by atoms with E-state index in [1.54, 1.807) is 0 Å². The van der Waals surface area contributed by atoms with Crippen molar-refractivity contribution in [1.29, 1.82) is 0 Å². The minimum Gasteiger partial charge on any atom is -0.505 e. The van der Waals surface area contributed by atoms with Gasteiger partial charge in [0.15, 0.2) is 5.69 Å². The van der Waals surface area contributed by atoms with E-state index in [0.717, 1.165) is 12.8 Å². The Labute approximate surface area is 110 Å². The fourth-order valence-corrected chi connectivity index (χ4v) is 2.36. The molecule has 0 aromatic carbocycles. The average Bonchev–Trinajstić information content (AvgIpc) is 2.39. The molecule has 2 N–H and O–H groups in total. The molecule has 6 nitrogen and oxygen atoms in total. The van der Waals surface area contributed by atoms with Crippen LogP contribution < -0.4 is 0 Å². The van der Waals surface area contributed by atoms with Gasteiger partial charge in [-0.2, -0.15) is 0 Å². The van der Waals surface area contributed by atoms with Crippen molar-refractivity contribution < 1.29 is 19.8 Å². The summed E-state index contributed by atoms with van der Waals surface area (Å²) >= 11 is 0. The first-order chi connectivity index (χ1) is 8.97. The second kappa shape index (κ2) is 4.87. The predicted molar refractivity (Wildman–Crippen MR) is 66.8 cm³/mol. The Morgan fingerprint density at radius 2 is 2.16 bits per heavy atom. The van der Waals surface area contributed by atoms with Gasteiger partial charge in [0.2, 0.25) is 0 Å². The molecule has 1 aromatic rings. The number of likely N-dealkylation sites (tertiary alicyclic amines) is 1. The number of carbonyl (C=O) groups is 2. The van der Waals surface area contributed by atoms with Crippen LogP contribution in [0.3, 0.4) is 0 Å². The molecule has 1 fully saturated rings. The fourth-order valence-electron chi connectivity index (χ4n) is 2.36. The summed E-state index contributed by atoms with van der Waals surface area (Å²) in [5.74, 6) is -1.80. The maximum absolute atomic E-state index is 12.4. The number of aliphatic carboxylic acids is 1. The highest BCUT2D eigenvalue weighted by atomic mass is 16.4. The summed E-state index contributed by atoms with van der Waals surface area (Å²) in [5, 5.41) is 19.0. The number of piperidine rings is 1. The van der Waals surface area contributed by atoms with Crippen LogP contribution in [-0.4, -0.2) is 44.1 Å². The predicted octanol–water partition coefficient (Wildman–Crippen LogP) is 1.26. The van der Waals surface area contributed by atoms with E-state index in [1.807, 2.05) is 0 Å². The summed E-state index contributed by atoms with van der Waals surface area (Å²) in [6.45, 7) is 1.89. The van der Waals surface area contributed by atoms with Crippen molar-refractivity contribution in [1.82, 2.24) is 9.88 Å². The first kappa shape index (κ1) is 13.3. The van der Waals surface area contributed by atoms with Crippen LogP contribution in [0.25, 0.3) is 0 Å². The highest BCUT2D eigenvalue weighted by Crippen LogP contribution is 2.30. The third-order valence-electron chi connectivity index (χ3n) is 3.59. The van der Waals surface area contributed by atoms with Crippen LogP contribution in [0.2, 0.25) is 0 Å². The molecule has 2 rings (SSSR count). The number of amides is 1. The molecule has 1 atom stereocenters. The zero-order valence-electron chi connectivity index (χ0n) is 10.7. The van der Waals surface area contributed by atoms with Gasteiger partial charge in [0.05, 0.1) is 0 Å². The number of hydrogen-bond acceptors (Lipinski definition) is 4. The topological polar surface area (TPSA) is 90.7 Å². The molecule has 1 saturated heterocycles. The maximum Gasteiger partial charge on any atom is 0.329 e. The molecule has 0 radical (unpaired) electrons. The quantitative estimate of drug-likeness (QED) is 0.839. The third-order valence-corrected chi connectivity index (χ3v) is 3.59. The number of nitrogens with zero attached hydrogens (tertiary/aromatic N) is 2. The summed E-state index contributed by atoms with van der Waals surface area (Å²) in [7, 11) is 0. The Balaban J connectivity index is 2.36. The van der Waals surface area contributed by atoms with Gasteiger partial charge in [-0.25, -0.2) is 9.78 Å². The van der Waals surface area contributed by atoms with Crippen molar-refractivity contribution in [3.05, 3.63) is 24.0 Å². The molecule has 0 saturated carbocycles. The van der Waals surface area contributed by atoms with E-state index in [0.29, 0.717) is 13.0 Å². The molecule has 6 heteroatoms. The van der Waals surface area contributed by atoms with E-state index >= 15 is 0 Å². The Kier molecular flexibility index (Phi) is 3.42. The van der Waals surface area contributed by atoms with Gasteiger partial charge in [-0.1, -0.05) is 0 Å². The van der Waals surface area contributed by atoms with Gasteiger partial charge < -0.3 is 15.1 Å². The minimum absolute atomic E-state index is 0.100. The highest BCUT2D eigenvalue weighted by molar-refractivity contribution is 5.98. The number of carboxylic acids is 1.